The van der Waals surface area contributed by atoms with Crippen molar-refractivity contribution in [3.8, 4) is 0 Å². The molecule has 0 fully saturated rings. The third kappa shape index (κ3) is 2.82. The number of rotatable bonds is 4. The van der Waals surface area contributed by atoms with Crippen LogP contribution in [0.3, 0.4) is 0 Å². The van der Waals surface area contributed by atoms with E-state index in [0.29, 0.717) is 11.8 Å². The summed E-state index contributed by atoms with van der Waals surface area (Å²) in [6.45, 7) is 6.74. The van der Waals surface area contributed by atoms with E-state index in [1.807, 2.05) is 0 Å². The van der Waals surface area contributed by atoms with E-state index in [2.05, 4.69) is 43.5 Å². The summed E-state index contributed by atoms with van der Waals surface area (Å²) in [7, 11) is 0. The van der Waals surface area contributed by atoms with E-state index in [0.717, 1.165) is 13.1 Å². The van der Waals surface area contributed by atoms with Crippen molar-refractivity contribution in [2.24, 2.45) is 11.8 Å². The largest absolute Gasteiger partial charge is 0.316 e. The van der Waals surface area contributed by atoms with Gasteiger partial charge in [0, 0.05) is 6.54 Å². The Labute approximate surface area is 75.6 Å². The SMILES string of the molecule is CCCNCC1C=CC=CC1C. The Kier molecular flexibility index (Phi) is 4.09. The van der Waals surface area contributed by atoms with Crippen LogP contribution in [0.5, 0.6) is 0 Å². The zero-order chi connectivity index (χ0) is 8.81. The van der Waals surface area contributed by atoms with Gasteiger partial charge in [0.2, 0.25) is 0 Å². The first-order valence-corrected chi connectivity index (χ1v) is 4.90. The van der Waals surface area contributed by atoms with Crippen molar-refractivity contribution in [1.29, 1.82) is 0 Å². The molecule has 0 amide bonds. The third-order valence-corrected chi connectivity index (χ3v) is 2.37. The molecule has 0 saturated carbocycles. The summed E-state index contributed by atoms with van der Waals surface area (Å²) < 4.78 is 0. The second-order valence-corrected chi connectivity index (χ2v) is 3.50. The minimum absolute atomic E-state index is 0.694. The fraction of sp³-hybridized carbons (Fsp3) is 0.636. The van der Waals surface area contributed by atoms with Crippen molar-refractivity contribution in [2.75, 3.05) is 13.1 Å². The lowest BCUT2D eigenvalue weighted by Crippen LogP contribution is -2.26. The number of hydrogen-bond donors (Lipinski definition) is 1. The Morgan fingerprint density at radius 1 is 1.25 bits per heavy atom. The molecular weight excluding hydrogens is 146 g/mol. The molecule has 2 unspecified atom stereocenters. The molecule has 1 N–H and O–H groups in total. The van der Waals surface area contributed by atoms with Gasteiger partial charge in [-0.25, -0.2) is 0 Å². The molecule has 0 spiro atoms. The van der Waals surface area contributed by atoms with E-state index >= 15 is 0 Å². The second-order valence-electron chi connectivity index (χ2n) is 3.50. The molecule has 0 aromatic rings. The molecule has 0 bridgehead atoms. The topological polar surface area (TPSA) is 12.0 Å². The average Bonchev–Trinajstić information content (AvgIpc) is 2.09. The van der Waals surface area contributed by atoms with E-state index in [1.165, 1.54) is 6.42 Å². The molecule has 0 radical (unpaired) electrons. The second kappa shape index (κ2) is 5.15. The van der Waals surface area contributed by atoms with E-state index in [1.54, 1.807) is 0 Å². The van der Waals surface area contributed by atoms with Gasteiger partial charge in [0.15, 0.2) is 0 Å². The predicted octanol–water partition coefficient (Wildman–Crippen LogP) is 2.36. The minimum Gasteiger partial charge on any atom is -0.316 e. The maximum absolute atomic E-state index is 3.45. The van der Waals surface area contributed by atoms with E-state index in [4.69, 9.17) is 0 Å². The molecule has 1 rings (SSSR count). The summed E-state index contributed by atoms with van der Waals surface area (Å²) in [6.07, 6.45) is 10.1. The quantitative estimate of drug-likeness (QED) is 0.631. The Bertz CT molecular complexity index is 170. The van der Waals surface area contributed by atoms with E-state index < -0.39 is 0 Å². The fourth-order valence-corrected chi connectivity index (χ4v) is 1.46. The van der Waals surface area contributed by atoms with Gasteiger partial charge >= 0.3 is 0 Å². The fourth-order valence-electron chi connectivity index (χ4n) is 1.46. The maximum Gasteiger partial charge on any atom is 0.00198 e. The first-order chi connectivity index (χ1) is 5.84. The Morgan fingerprint density at radius 2 is 2.00 bits per heavy atom. The lowest BCUT2D eigenvalue weighted by Gasteiger charge is -2.20. The van der Waals surface area contributed by atoms with Gasteiger partial charge in [0.05, 0.1) is 0 Å². The molecule has 12 heavy (non-hydrogen) atoms. The molecule has 0 aromatic heterocycles. The van der Waals surface area contributed by atoms with Crippen LogP contribution < -0.4 is 5.32 Å². The summed E-state index contributed by atoms with van der Waals surface area (Å²) in [5.74, 6) is 1.39. The van der Waals surface area contributed by atoms with Crippen LogP contribution in [-0.2, 0) is 0 Å². The highest BCUT2D eigenvalue weighted by molar-refractivity contribution is 5.13. The van der Waals surface area contributed by atoms with E-state index in [-0.39, 0.29) is 0 Å². The zero-order valence-corrected chi connectivity index (χ0v) is 8.09. The first kappa shape index (κ1) is 9.53. The molecule has 0 heterocycles. The Morgan fingerprint density at radius 3 is 2.67 bits per heavy atom. The van der Waals surface area contributed by atoms with Crippen molar-refractivity contribution in [2.45, 2.75) is 20.3 Å². The molecule has 0 aliphatic heterocycles. The van der Waals surface area contributed by atoms with E-state index in [9.17, 15) is 0 Å². The summed E-state index contributed by atoms with van der Waals surface area (Å²) in [6, 6.07) is 0. The van der Waals surface area contributed by atoms with Gasteiger partial charge in [-0.1, -0.05) is 38.2 Å². The van der Waals surface area contributed by atoms with Crippen LogP contribution in [0.25, 0.3) is 0 Å². The van der Waals surface area contributed by atoms with Gasteiger partial charge in [-0.15, -0.1) is 0 Å². The monoisotopic (exact) mass is 165 g/mol. The van der Waals surface area contributed by atoms with Crippen molar-refractivity contribution in [1.82, 2.24) is 5.32 Å². The van der Waals surface area contributed by atoms with Crippen molar-refractivity contribution >= 4 is 0 Å². The standard InChI is InChI=1S/C11H19N/c1-3-8-12-9-11-7-5-4-6-10(11)2/h4-7,10-12H,3,8-9H2,1-2H3. The summed E-state index contributed by atoms with van der Waals surface area (Å²) in [5.41, 5.74) is 0. The Hall–Kier alpha value is -0.560. The third-order valence-electron chi connectivity index (χ3n) is 2.37. The Balaban J connectivity index is 2.23. The molecule has 68 valence electrons. The predicted molar refractivity (Wildman–Crippen MR) is 54.1 cm³/mol. The maximum atomic E-state index is 3.45. The smallest absolute Gasteiger partial charge is 0.00198 e. The van der Waals surface area contributed by atoms with Crippen LogP contribution in [0, 0.1) is 11.8 Å². The highest BCUT2D eigenvalue weighted by Crippen LogP contribution is 2.17. The lowest BCUT2D eigenvalue weighted by atomic mass is 9.90. The number of allylic oxidation sites excluding steroid dienone is 3. The average molecular weight is 165 g/mol. The zero-order valence-electron chi connectivity index (χ0n) is 8.09. The molecular formula is C11H19N. The van der Waals surface area contributed by atoms with Crippen LogP contribution in [0.15, 0.2) is 24.3 Å². The van der Waals surface area contributed by atoms with Crippen LogP contribution in [0.2, 0.25) is 0 Å². The van der Waals surface area contributed by atoms with Crippen molar-refractivity contribution in [3.05, 3.63) is 24.3 Å². The van der Waals surface area contributed by atoms with Gasteiger partial charge in [-0.3, -0.25) is 0 Å². The first-order valence-electron chi connectivity index (χ1n) is 4.90. The molecule has 1 aliphatic carbocycles. The highest BCUT2D eigenvalue weighted by Gasteiger charge is 2.12. The van der Waals surface area contributed by atoms with Gasteiger partial charge < -0.3 is 5.32 Å². The molecule has 1 heteroatoms. The molecule has 0 saturated heterocycles. The van der Waals surface area contributed by atoms with Crippen LogP contribution >= 0.6 is 0 Å². The highest BCUT2D eigenvalue weighted by atomic mass is 14.8. The number of hydrogen-bond acceptors (Lipinski definition) is 1. The van der Waals surface area contributed by atoms with Gasteiger partial charge in [-0.05, 0) is 24.8 Å². The van der Waals surface area contributed by atoms with Gasteiger partial charge in [0.25, 0.3) is 0 Å². The van der Waals surface area contributed by atoms with Crippen molar-refractivity contribution < 1.29 is 0 Å². The van der Waals surface area contributed by atoms with Crippen LogP contribution in [0.1, 0.15) is 20.3 Å². The molecule has 0 aromatic carbocycles. The molecule has 1 nitrogen and oxygen atoms in total. The molecule has 1 aliphatic rings. The van der Waals surface area contributed by atoms with Crippen molar-refractivity contribution in [3.63, 3.8) is 0 Å². The van der Waals surface area contributed by atoms with Gasteiger partial charge in [-0.2, -0.15) is 0 Å². The van der Waals surface area contributed by atoms with Crippen LogP contribution in [-0.4, -0.2) is 13.1 Å². The minimum atomic E-state index is 0.694. The summed E-state index contributed by atoms with van der Waals surface area (Å²) >= 11 is 0. The summed E-state index contributed by atoms with van der Waals surface area (Å²) in [5, 5.41) is 3.45. The normalized spacial score (nSPS) is 27.8. The lowest BCUT2D eigenvalue weighted by molar-refractivity contribution is 0.464. The molecule has 2 atom stereocenters. The summed E-state index contributed by atoms with van der Waals surface area (Å²) in [4.78, 5) is 0. The number of nitrogens with one attached hydrogen (secondary N) is 1. The van der Waals surface area contributed by atoms with Crippen LogP contribution in [0.4, 0.5) is 0 Å². The van der Waals surface area contributed by atoms with Gasteiger partial charge in [0.1, 0.15) is 0 Å².